The van der Waals surface area contributed by atoms with Gasteiger partial charge in [0.15, 0.2) is 0 Å². The first-order chi connectivity index (χ1) is 8.52. The Hall–Kier alpha value is -0.220. The van der Waals surface area contributed by atoms with Gasteiger partial charge in [-0.05, 0) is 38.6 Å². The summed E-state index contributed by atoms with van der Waals surface area (Å²) in [4.78, 5) is 0. The van der Waals surface area contributed by atoms with Crippen LogP contribution in [0.4, 0.5) is 8.78 Å². The minimum atomic E-state index is -2.44. The third kappa shape index (κ3) is 4.81. The summed E-state index contributed by atoms with van der Waals surface area (Å²) in [6.07, 6.45) is 2.64. The van der Waals surface area contributed by atoms with Gasteiger partial charge in [0.25, 0.3) is 0 Å². The van der Waals surface area contributed by atoms with Crippen molar-refractivity contribution in [3.05, 3.63) is 0 Å². The molecule has 1 rings (SSSR count). The number of hydrogen-bond donors (Lipinski definition) is 1. The van der Waals surface area contributed by atoms with E-state index < -0.39 is 5.92 Å². The van der Waals surface area contributed by atoms with Crippen molar-refractivity contribution in [2.24, 2.45) is 5.92 Å². The van der Waals surface area contributed by atoms with Gasteiger partial charge < -0.3 is 10.1 Å². The van der Waals surface area contributed by atoms with Crippen molar-refractivity contribution in [1.82, 2.24) is 5.32 Å². The number of halogens is 2. The minimum absolute atomic E-state index is 0.0530. The molecule has 0 aromatic heterocycles. The second-order valence-corrected chi connectivity index (χ2v) is 5.27. The number of rotatable bonds is 8. The SMILES string of the molecule is CCNC(CC1CCC(F)(F)C1)C(CC)OCC. The standard InChI is InChI=1S/C14H27F2NO/c1-4-13(18-6-3)12(17-5-2)9-11-7-8-14(15,16)10-11/h11-13,17H,4-10H2,1-3H3. The summed E-state index contributed by atoms with van der Waals surface area (Å²) in [5.41, 5.74) is 0. The van der Waals surface area contributed by atoms with Crippen LogP contribution in [0.25, 0.3) is 0 Å². The van der Waals surface area contributed by atoms with E-state index in [9.17, 15) is 8.78 Å². The van der Waals surface area contributed by atoms with Crippen molar-refractivity contribution in [3.8, 4) is 0 Å². The maximum Gasteiger partial charge on any atom is 0.248 e. The highest BCUT2D eigenvalue weighted by atomic mass is 19.3. The van der Waals surface area contributed by atoms with Crippen LogP contribution in [0.1, 0.15) is 52.9 Å². The van der Waals surface area contributed by atoms with Crippen LogP contribution < -0.4 is 5.32 Å². The van der Waals surface area contributed by atoms with Gasteiger partial charge in [0.2, 0.25) is 5.92 Å². The molecule has 0 aromatic carbocycles. The Morgan fingerprint density at radius 2 is 2.06 bits per heavy atom. The highest BCUT2D eigenvalue weighted by Crippen LogP contribution is 2.41. The second kappa shape index (κ2) is 7.39. The molecule has 3 unspecified atom stereocenters. The van der Waals surface area contributed by atoms with Gasteiger partial charge in [-0.1, -0.05) is 13.8 Å². The van der Waals surface area contributed by atoms with Gasteiger partial charge in [-0.2, -0.15) is 0 Å². The van der Waals surface area contributed by atoms with E-state index in [0.717, 1.165) is 19.4 Å². The molecule has 3 atom stereocenters. The summed E-state index contributed by atoms with van der Waals surface area (Å²) in [7, 11) is 0. The van der Waals surface area contributed by atoms with Crippen LogP contribution in [0.3, 0.4) is 0 Å². The first-order valence-electron chi connectivity index (χ1n) is 7.25. The average molecular weight is 263 g/mol. The van der Waals surface area contributed by atoms with Crippen LogP contribution in [-0.2, 0) is 4.74 Å². The molecule has 2 nitrogen and oxygen atoms in total. The van der Waals surface area contributed by atoms with Crippen LogP contribution in [0.2, 0.25) is 0 Å². The second-order valence-electron chi connectivity index (χ2n) is 5.27. The van der Waals surface area contributed by atoms with Gasteiger partial charge in [-0.25, -0.2) is 8.78 Å². The molecule has 18 heavy (non-hydrogen) atoms. The van der Waals surface area contributed by atoms with E-state index >= 15 is 0 Å². The third-order valence-electron chi connectivity index (χ3n) is 3.79. The fourth-order valence-corrected chi connectivity index (χ4v) is 2.96. The molecule has 1 fully saturated rings. The molecule has 1 aliphatic rings. The summed E-state index contributed by atoms with van der Waals surface area (Å²) in [5, 5.41) is 3.40. The number of likely N-dealkylation sites (N-methyl/N-ethyl adjacent to an activating group) is 1. The van der Waals surface area contributed by atoms with Crippen LogP contribution in [-0.4, -0.2) is 31.2 Å². The lowest BCUT2D eigenvalue weighted by atomic mass is 9.93. The topological polar surface area (TPSA) is 21.3 Å². The third-order valence-corrected chi connectivity index (χ3v) is 3.79. The van der Waals surface area contributed by atoms with Crippen molar-refractivity contribution >= 4 is 0 Å². The fraction of sp³-hybridized carbons (Fsp3) is 1.00. The molecule has 108 valence electrons. The van der Waals surface area contributed by atoms with E-state index in [1.54, 1.807) is 0 Å². The molecular weight excluding hydrogens is 236 g/mol. The summed E-state index contributed by atoms with van der Waals surface area (Å²) < 4.78 is 32.1. The van der Waals surface area contributed by atoms with Gasteiger partial charge >= 0.3 is 0 Å². The van der Waals surface area contributed by atoms with Gasteiger partial charge in [0.05, 0.1) is 6.10 Å². The average Bonchev–Trinajstić information content (AvgIpc) is 2.65. The predicted octanol–water partition coefficient (Wildman–Crippen LogP) is 3.61. The van der Waals surface area contributed by atoms with Crippen molar-refractivity contribution in [2.45, 2.75) is 70.9 Å². The number of alkyl halides is 2. The van der Waals surface area contributed by atoms with E-state index in [0.29, 0.717) is 13.0 Å². The van der Waals surface area contributed by atoms with E-state index in [1.807, 2.05) is 6.92 Å². The molecule has 0 spiro atoms. The van der Waals surface area contributed by atoms with E-state index in [2.05, 4.69) is 19.2 Å². The Labute approximate surface area is 109 Å². The molecule has 1 saturated carbocycles. The van der Waals surface area contributed by atoms with Gasteiger partial charge in [0, 0.05) is 25.5 Å². The largest absolute Gasteiger partial charge is 0.377 e. The van der Waals surface area contributed by atoms with Crippen LogP contribution in [0.15, 0.2) is 0 Å². The summed E-state index contributed by atoms with van der Waals surface area (Å²) in [5.74, 6) is -2.30. The highest BCUT2D eigenvalue weighted by molar-refractivity contribution is 4.86. The Balaban J connectivity index is 2.51. The number of hydrogen-bond acceptors (Lipinski definition) is 2. The van der Waals surface area contributed by atoms with Crippen molar-refractivity contribution in [2.75, 3.05) is 13.2 Å². The molecule has 0 heterocycles. The van der Waals surface area contributed by atoms with Gasteiger partial charge in [0.1, 0.15) is 0 Å². The molecule has 0 aromatic rings. The Morgan fingerprint density at radius 3 is 2.50 bits per heavy atom. The first kappa shape index (κ1) is 15.8. The van der Waals surface area contributed by atoms with E-state index in [1.165, 1.54) is 0 Å². The number of ether oxygens (including phenoxy) is 1. The van der Waals surface area contributed by atoms with Gasteiger partial charge in [-0.3, -0.25) is 0 Å². The van der Waals surface area contributed by atoms with Crippen LogP contribution in [0, 0.1) is 5.92 Å². The van der Waals surface area contributed by atoms with Gasteiger partial charge in [-0.15, -0.1) is 0 Å². The zero-order valence-corrected chi connectivity index (χ0v) is 11.8. The monoisotopic (exact) mass is 263 g/mol. The Morgan fingerprint density at radius 1 is 1.33 bits per heavy atom. The molecule has 1 aliphatic carbocycles. The van der Waals surface area contributed by atoms with E-state index in [4.69, 9.17) is 4.74 Å². The lowest BCUT2D eigenvalue weighted by Gasteiger charge is -2.29. The molecule has 0 amide bonds. The maximum absolute atomic E-state index is 13.2. The smallest absolute Gasteiger partial charge is 0.248 e. The lowest BCUT2D eigenvalue weighted by molar-refractivity contribution is -0.000292. The summed E-state index contributed by atoms with van der Waals surface area (Å²) in [6, 6.07) is 0.207. The highest BCUT2D eigenvalue weighted by Gasteiger charge is 2.40. The fourth-order valence-electron chi connectivity index (χ4n) is 2.96. The molecule has 0 radical (unpaired) electrons. The normalized spacial score (nSPS) is 26.2. The Bertz CT molecular complexity index is 236. The van der Waals surface area contributed by atoms with Crippen molar-refractivity contribution in [3.63, 3.8) is 0 Å². The van der Waals surface area contributed by atoms with E-state index in [-0.39, 0.29) is 30.9 Å². The lowest BCUT2D eigenvalue weighted by Crippen LogP contribution is -2.42. The molecular formula is C14H27F2NO. The molecule has 0 bridgehead atoms. The zero-order chi connectivity index (χ0) is 13.6. The Kier molecular flexibility index (Phi) is 6.50. The zero-order valence-electron chi connectivity index (χ0n) is 11.8. The van der Waals surface area contributed by atoms with Crippen molar-refractivity contribution < 1.29 is 13.5 Å². The van der Waals surface area contributed by atoms with Crippen LogP contribution >= 0.6 is 0 Å². The number of nitrogens with one attached hydrogen (secondary N) is 1. The minimum Gasteiger partial charge on any atom is -0.377 e. The quantitative estimate of drug-likeness (QED) is 0.722. The molecule has 0 aliphatic heterocycles. The molecule has 0 saturated heterocycles. The predicted molar refractivity (Wildman–Crippen MR) is 70.1 cm³/mol. The first-order valence-corrected chi connectivity index (χ1v) is 7.25. The summed E-state index contributed by atoms with van der Waals surface area (Å²) in [6.45, 7) is 7.66. The molecule has 4 heteroatoms. The van der Waals surface area contributed by atoms with Crippen molar-refractivity contribution in [1.29, 1.82) is 0 Å². The molecule has 1 N–H and O–H groups in total. The van der Waals surface area contributed by atoms with Crippen LogP contribution in [0.5, 0.6) is 0 Å². The summed E-state index contributed by atoms with van der Waals surface area (Å²) >= 11 is 0. The maximum atomic E-state index is 13.2.